The van der Waals surface area contributed by atoms with Gasteiger partial charge in [0.2, 0.25) is 0 Å². The second-order valence-corrected chi connectivity index (χ2v) is 5.73. The molecular weight excluding hydrogens is 313 g/mol. The Morgan fingerprint density at radius 1 is 1.38 bits per heavy atom. The number of hydrogen-bond donors (Lipinski definition) is 1. The molecule has 4 heteroatoms. The molecule has 3 nitrogen and oxygen atoms in total. The van der Waals surface area contributed by atoms with Crippen molar-refractivity contribution >= 4 is 28.4 Å². The van der Waals surface area contributed by atoms with Gasteiger partial charge in [0.1, 0.15) is 11.6 Å². The van der Waals surface area contributed by atoms with Crippen LogP contribution in [0.25, 0.3) is 0 Å². The van der Waals surface area contributed by atoms with Gasteiger partial charge in [0.05, 0.1) is 9.26 Å². The van der Waals surface area contributed by atoms with Crippen LogP contribution in [0.2, 0.25) is 0 Å². The molecule has 0 saturated heterocycles. The fourth-order valence-electron chi connectivity index (χ4n) is 2.47. The minimum atomic E-state index is 0.531. The number of nitrogen functional groups attached to an aromatic ring is 1. The van der Waals surface area contributed by atoms with Gasteiger partial charge in [-0.1, -0.05) is 13.3 Å². The van der Waals surface area contributed by atoms with Crippen LogP contribution < -0.4 is 5.73 Å². The number of aromatic nitrogens is 2. The van der Waals surface area contributed by atoms with Crippen molar-refractivity contribution in [3.05, 3.63) is 15.1 Å². The molecule has 0 amide bonds. The van der Waals surface area contributed by atoms with Crippen molar-refractivity contribution in [2.24, 2.45) is 5.92 Å². The summed E-state index contributed by atoms with van der Waals surface area (Å²) >= 11 is 2.21. The topological polar surface area (TPSA) is 51.8 Å². The Hall–Kier alpha value is -0.390. The van der Waals surface area contributed by atoms with E-state index in [1.54, 1.807) is 0 Å². The summed E-state index contributed by atoms with van der Waals surface area (Å²) in [6, 6.07) is 0. The summed E-state index contributed by atoms with van der Waals surface area (Å²) in [5, 5.41) is 0. The maximum Gasteiger partial charge on any atom is 0.140 e. The maximum absolute atomic E-state index is 5.90. The quantitative estimate of drug-likeness (QED) is 0.847. The lowest BCUT2D eigenvalue weighted by Gasteiger charge is -2.11. The number of anilines is 1. The Labute approximate surface area is 110 Å². The summed E-state index contributed by atoms with van der Waals surface area (Å²) in [7, 11) is 0. The van der Waals surface area contributed by atoms with Crippen LogP contribution in [0.5, 0.6) is 0 Å². The van der Waals surface area contributed by atoms with E-state index in [2.05, 4.69) is 39.5 Å². The predicted octanol–water partition coefficient (Wildman–Crippen LogP) is 3.27. The molecule has 0 radical (unpaired) electrons. The first-order valence-electron chi connectivity index (χ1n) is 5.91. The van der Waals surface area contributed by atoms with E-state index in [4.69, 9.17) is 5.73 Å². The predicted molar refractivity (Wildman–Crippen MR) is 74.3 cm³/mol. The molecule has 2 atom stereocenters. The van der Waals surface area contributed by atoms with E-state index < -0.39 is 0 Å². The van der Waals surface area contributed by atoms with E-state index in [0.717, 1.165) is 21.0 Å². The van der Waals surface area contributed by atoms with Crippen LogP contribution in [0.4, 0.5) is 5.82 Å². The molecule has 16 heavy (non-hydrogen) atoms. The second-order valence-electron chi connectivity index (χ2n) is 4.65. The molecule has 1 aromatic rings. The zero-order valence-corrected chi connectivity index (χ0v) is 12.0. The van der Waals surface area contributed by atoms with Crippen molar-refractivity contribution in [1.29, 1.82) is 0 Å². The third-order valence-corrected chi connectivity index (χ3v) is 4.88. The maximum atomic E-state index is 5.90. The Kier molecular flexibility index (Phi) is 3.66. The van der Waals surface area contributed by atoms with Crippen molar-refractivity contribution in [2.75, 3.05) is 5.73 Å². The summed E-state index contributed by atoms with van der Waals surface area (Å²) in [5.41, 5.74) is 6.91. The van der Waals surface area contributed by atoms with Gasteiger partial charge in [-0.2, -0.15) is 0 Å². The average molecular weight is 331 g/mol. The highest BCUT2D eigenvalue weighted by molar-refractivity contribution is 14.1. The fourth-order valence-corrected chi connectivity index (χ4v) is 2.71. The summed E-state index contributed by atoms with van der Waals surface area (Å²) in [4.78, 5) is 9.03. The largest absolute Gasteiger partial charge is 0.383 e. The normalized spacial score (nSPS) is 24.9. The van der Waals surface area contributed by atoms with Gasteiger partial charge < -0.3 is 5.73 Å². The second kappa shape index (κ2) is 4.85. The van der Waals surface area contributed by atoms with Gasteiger partial charge >= 0.3 is 0 Å². The van der Waals surface area contributed by atoms with Crippen LogP contribution in [0.1, 0.15) is 50.0 Å². The molecule has 2 rings (SSSR count). The molecule has 1 saturated carbocycles. The van der Waals surface area contributed by atoms with Gasteiger partial charge in [0.15, 0.2) is 0 Å². The number of nitrogens with zero attached hydrogens (tertiary/aromatic N) is 2. The van der Waals surface area contributed by atoms with Gasteiger partial charge in [-0.05, 0) is 54.7 Å². The van der Waals surface area contributed by atoms with Crippen LogP contribution in [0, 0.1) is 16.4 Å². The molecular formula is C12H18IN3. The summed E-state index contributed by atoms with van der Waals surface area (Å²) < 4.78 is 0.992. The lowest BCUT2D eigenvalue weighted by atomic mass is 10.0. The molecule has 1 heterocycles. The van der Waals surface area contributed by atoms with E-state index in [1.165, 1.54) is 25.7 Å². The van der Waals surface area contributed by atoms with Crippen molar-refractivity contribution in [1.82, 2.24) is 9.97 Å². The fraction of sp³-hybridized carbons (Fsp3) is 0.667. The molecule has 0 bridgehead atoms. The molecule has 2 unspecified atom stereocenters. The standard InChI is InChI=1S/C12H18IN3/c1-3-8-4-5-9(6-8)12-15-7(2)10(13)11(14)16-12/h8-9H,3-6H2,1-2H3,(H2,14,15,16). The molecule has 0 aliphatic heterocycles. The van der Waals surface area contributed by atoms with Crippen LogP contribution in [0.3, 0.4) is 0 Å². The van der Waals surface area contributed by atoms with Crippen molar-refractivity contribution in [3.8, 4) is 0 Å². The third-order valence-electron chi connectivity index (χ3n) is 3.54. The molecule has 1 aliphatic rings. The highest BCUT2D eigenvalue weighted by Crippen LogP contribution is 2.38. The number of rotatable bonds is 2. The number of aryl methyl sites for hydroxylation is 1. The first kappa shape index (κ1) is 12.1. The Bertz CT molecular complexity index is 369. The SMILES string of the molecule is CCC1CCC(c2nc(C)c(I)c(N)n2)C1. The summed E-state index contributed by atoms with van der Waals surface area (Å²) in [6.45, 7) is 4.27. The van der Waals surface area contributed by atoms with Crippen LogP contribution >= 0.6 is 22.6 Å². The first-order valence-corrected chi connectivity index (χ1v) is 6.99. The van der Waals surface area contributed by atoms with Gasteiger partial charge in [-0.3, -0.25) is 0 Å². The lowest BCUT2D eigenvalue weighted by molar-refractivity contribution is 0.516. The Morgan fingerprint density at radius 3 is 2.69 bits per heavy atom. The van der Waals surface area contributed by atoms with Gasteiger partial charge in [0.25, 0.3) is 0 Å². The molecule has 1 aliphatic carbocycles. The molecule has 2 N–H and O–H groups in total. The highest BCUT2D eigenvalue weighted by atomic mass is 127. The average Bonchev–Trinajstić information content (AvgIpc) is 2.73. The van der Waals surface area contributed by atoms with Crippen LogP contribution in [-0.2, 0) is 0 Å². The van der Waals surface area contributed by atoms with Gasteiger partial charge in [0, 0.05) is 5.92 Å². The first-order chi connectivity index (χ1) is 7.61. The minimum Gasteiger partial charge on any atom is -0.383 e. The molecule has 0 aromatic carbocycles. The Balaban J connectivity index is 2.22. The van der Waals surface area contributed by atoms with E-state index in [-0.39, 0.29) is 0 Å². The van der Waals surface area contributed by atoms with Gasteiger partial charge in [-0.15, -0.1) is 0 Å². The zero-order chi connectivity index (χ0) is 11.7. The van der Waals surface area contributed by atoms with Crippen molar-refractivity contribution in [3.63, 3.8) is 0 Å². The van der Waals surface area contributed by atoms with Crippen LogP contribution in [0.15, 0.2) is 0 Å². The number of nitrogens with two attached hydrogens (primary N) is 1. The minimum absolute atomic E-state index is 0.531. The molecule has 0 spiro atoms. The van der Waals surface area contributed by atoms with E-state index in [1.807, 2.05) is 6.92 Å². The van der Waals surface area contributed by atoms with Crippen LogP contribution in [-0.4, -0.2) is 9.97 Å². The Morgan fingerprint density at radius 2 is 2.12 bits per heavy atom. The van der Waals surface area contributed by atoms with Gasteiger partial charge in [-0.25, -0.2) is 9.97 Å². The van der Waals surface area contributed by atoms with Crippen molar-refractivity contribution in [2.45, 2.75) is 45.4 Å². The van der Waals surface area contributed by atoms with E-state index in [9.17, 15) is 0 Å². The highest BCUT2D eigenvalue weighted by Gasteiger charge is 2.27. The molecule has 1 fully saturated rings. The summed E-state index contributed by atoms with van der Waals surface area (Å²) in [6.07, 6.45) is 5.04. The number of halogens is 1. The lowest BCUT2D eigenvalue weighted by Crippen LogP contribution is -2.08. The summed E-state index contributed by atoms with van der Waals surface area (Å²) in [5.74, 6) is 2.99. The molecule has 88 valence electrons. The number of hydrogen-bond acceptors (Lipinski definition) is 3. The zero-order valence-electron chi connectivity index (χ0n) is 9.83. The monoisotopic (exact) mass is 331 g/mol. The van der Waals surface area contributed by atoms with Crippen molar-refractivity contribution < 1.29 is 0 Å². The van der Waals surface area contributed by atoms with E-state index >= 15 is 0 Å². The third kappa shape index (κ3) is 2.31. The van der Waals surface area contributed by atoms with E-state index in [0.29, 0.717) is 11.7 Å². The smallest absolute Gasteiger partial charge is 0.140 e. The molecule has 1 aromatic heterocycles.